The fourth-order valence-corrected chi connectivity index (χ4v) is 1.54. The molecule has 94 valence electrons. The van der Waals surface area contributed by atoms with E-state index in [0.717, 1.165) is 18.8 Å². The van der Waals surface area contributed by atoms with Crippen molar-refractivity contribution >= 4 is 5.90 Å². The zero-order valence-electron chi connectivity index (χ0n) is 10.6. The van der Waals surface area contributed by atoms with Crippen LogP contribution in [0.5, 0.6) is 5.75 Å². The Bertz CT molecular complexity index is 344. The molecule has 0 aliphatic heterocycles. The molecule has 0 heterocycles. The Morgan fingerprint density at radius 1 is 1.18 bits per heavy atom. The number of hydrogen-bond acceptors (Lipinski definition) is 3. The highest BCUT2D eigenvalue weighted by molar-refractivity contribution is 5.90. The average molecular weight is 234 g/mol. The molecule has 0 bridgehead atoms. The fourth-order valence-electron chi connectivity index (χ4n) is 1.54. The van der Waals surface area contributed by atoms with Crippen LogP contribution >= 0.6 is 0 Å². The summed E-state index contributed by atoms with van der Waals surface area (Å²) in [5.41, 5.74) is 0.603. The third-order valence-electron chi connectivity index (χ3n) is 2.57. The van der Waals surface area contributed by atoms with Crippen LogP contribution in [-0.2, 0) is 0 Å². The number of aliphatic imine (C=N–C) groups is 1. The lowest BCUT2D eigenvalue weighted by Crippen LogP contribution is -2.18. The summed E-state index contributed by atoms with van der Waals surface area (Å²) in [5.74, 6) is 0.619. The second-order valence-electron chi connectivity index (χ2n) is 3.96. The minimum absolute atomic E-state index is 0.195. The van der Waals surface area contributed by atoms with Crippen molar-refractivity contribution in [1.29, 1.82) is 0 Å². The lowest BCUT2D eigenvalue weighted by Gasteiger charge is -2.10. The number of ether oxygens (including phenoxy) is 1. The van der Waals surface area contributed by atoms with Crippen LogP contribution < -0.4 is 9.84 Å². The van der Waals surface area contributed by atoms with Gasteiger partial charge in [0.15, 0.2) is 0 Å². The smallest absolute Gasteiger partial charge is 0.119 e. The first-order chi connectivity index (χ1) is 8.27. The summed E-state index contributed by atoms with van der Waals surface area (Å²) in [5, 5.41) is 11.2. The highest BCUT2D eigenvalue weighted by Crippen LogP contribution is 2.12. The largest absolute Gasteiger partial charge is 0.859 e. The van der Waals surface area contributed by atoms with Gasteiger partial charge in [0.1, 0.15) is 5.75 Å². The second kappa shape index (κ2) is 7.71. The molecule has 0 aliphatic rings. The zero-order chi connectivity index (χ0) is 12.5. The van der Waals surface area contributed by atoms with E-state index in [9.17, 15) is 5.11 Å². The van der Waals surface area contributed by atoms with Gasteiger partial charge in [-0.1, -0.05) is 38.3 Å². The molecule has 3 nitrogen and oxygen atoms in total. The summed E-state index contributed by atoms with van der Waals surface area (Å²) in [6.45, 7) is 2.93. The van der Waals surface area contributed by atoms with Gasteiger partial charge in [-0.3, -0.25) is 0 Å². The molecule has 0 unspecified atom stereocenters. The fraction of sp³-hybridized carbons (Fsp3) is 0.500. The molecule has 0 spiro atoms. The number of rotatable bonds is 7. The summed E-state index contributed by atoms with van der Waals surface area (Å²) < 4.78 is 5.58. The quantitative estimate of drug-likeness (QED) is 0.413. The first-order valence-corrected chi connectivity index (χ1v) is 6.15. The molecule has 3 heteroatoms. The van der Waals surface area contributed by atoms with Crippen molar-refractivity contribution < 1.29 is 9.84 Å². The number of unbranched alkanes of at least 4 members (excludes halogenated alkanes) is 3. The molecule has 0 amide bonds. The molecule has 0 atom stereocenters. The van der Waals surface area contributed by atoms with E-state index >= 15 is 0 Å². The molecule has 17 heavy (non-hydrogen) atoms. The third-order valence-corrected chi connectivity index (χ3v) is 2.57. The summed E-state index contributed by atoms with van der Waals surface area (Å²) >= 11 is 0. The first kappa shape index (κ1) is 13.6. The molecule has 0 saturated carbocycles. The van der Waals surface area contributed by atoms with Gasteiger partial charge >= 0.3 is 0 Å². The van der Waals surface area contributed by atoms with E-state index in [1.807, 2.05) is 12.1 Å². The molecule has 0 N–H and O–H groups in total. The lowest BCUT2D eigenvalue weighted by atomic mass is 10.2. The van der Waals surface area contributed by atoms with Crippen LogP contribution in [0.1, 0.15) is 38.2 Å². The summed E-state index contributed by atoms with van der Waals surface area (Å²) in [6.07, 6.45) is 4.78. The van der Waals surface area contributed by atoms with Gasteiger partial charge in [-0.2, -0.15) is 0 Å². The van der Waals surface area contributed by atoms with Gasteiger partial charge < -0.3 is 14.8 Å². The van der Waals surface area contributed by atoms with E-state index in [-0.39, 0.29) is 5.90 Å². The Balaban J connectivity index is 2.35. The Hall–Kier alpha value is -1.51. The van der Waals surface area contributed by atoms with Crippen molar-refractivity contribution in [3.63, 3.8) is 0 Å². The van der Waals surface area contributed by atoms with Gasteiger partial charge in [0.25, 0.3) is 0 Å². The van der Waals surface area contributed by atoms with E-state index in [1.165, 1.54) is 26.3 Å². The van der Waals surface area contributed by atoms with Crippen LogP contribution in [0, 0.1) is 0 Å². The molecule has 0 saturated heterocycles. The predicted molar refractivity (Wildman–Crippen MR) is 68.5 cm³/mol. The van der Waals surface area contributed by atoms with Gasteiger partial charge in [0.05, 0.1) is 6.61 Å². The Morgan fingerprint density at radius 3 is 2.47 bits per heavy atom. The Labute approximate surface area is 103 Å². The van der Waals surface area contributed by atoms with Crippen LogP contribution in [0.15, 0.2) is 29.3 Å². The van der Waals surface area contributed by atoms with Crippen LogP contribution in [0.2, 0.25) is 0 Å². The summed E-state index contributed by atoms with van der Waals surface area (Å²) in [4.78, 5) is 3.60. The van der Waals surface area contributed by atoms with E-state index in [2.05, 4.69) is 11.9 Å². The Morgan fingerprint density at radius 2 is 1.88 bits per heavy atom. The first-order valence-electron chi connectivity index (χ1n) is 6.15. The molecule has 1 aromatic carbocycles. The molecular weight excluding hydrogens is 214 g/mol. The number of hydrogen-bond donors (Lipinski definition) is 0. The molecule has 1 rings (SSSR count). The van der Waals surface area contributed by atoms with Crippen molar-refractivity contribution in [1.82, 2.24) is 0 Å². The standard InChI is InChI=1S/C14H21NO2/c1-3-4-5-6-11-17-13-9-7-12(8-10-13)14(16)15-2/h7-10H,3-6,11H2,1-2H3,(H,15,16)/p-1. The molecule has 0 fully saturated rings. The highest BCUT2D eigenvalue weighted by Gasteiger charge is 1.95. The van der Waals surface area contributed by atoms with Crippen molar-refractivity contribution in [2.24, 2.45) is 4.99 Å². The maximum atomic E-state index is 11.2. The van der Waals surface area contributed by atoms with Gasteiger partial charge in [0.2, 0.25) is 0 Å². The van der Waals surface area contributed by atoms with Crippen LogP contribution in [0.3, 0.4) is 0 Å². The van der Waals surface area contributed by atoms with Crippen molar-refractivity contribution in [3.8, 4) is 5.75 Å². The molecule has 1 aromatic rings. The van der Waals surface area contributed by atoms with Gasteiger partial charge in [0, 0.05) is 7.05 Å². The minimum atomic E-state index is -0.195. The third kappa shape index (κ3) is 4.89. The van der Waals surface area contributed by atoms with Crippen LogP contribution in [-0.4, -0.2) is 19.6 Å². The SMILES string of the molecule is CCCCCCOc1ccc(C([O-])=NC)cc1. The van der Waals surface area contributed by atoms with E-state index in [4.69, 9.17) is 4.74 Å². The average Bonchev–Trinajstić information content (AvgIpc) is 2.38. The van der Waals surface area contributed by atoms with E-state index in [1.54, 1.807) is 12.1 Å². The van der Waals surface area contributed by atoms with Crippen molar-refractivity contribution in [3.05, 3.63) is 29.8 Å². The number of benzene rings is 1. The second-order valence-corrected chi connectivity index (χ2v) is 3.96. The molecular formula is C14H20NO2-. The molecule has 0 radical (unpaired) electrons. The van der Waals surface area contributed by atoms with Gasteiger partial charge in [-0.05, 0) is 30.0 Å². The molecule has 0 aromatic heterocycles. The van der Waals surface area contributed by atoms with Gasteiger partial charge in [-0.25, -0.2) is 0 Å². The molecule has 0 aliphatic carbocycles. The van der Waals surface area contributed by atoms with Crippen molar-refractivity contribution in [2.75, 3.05) is 13.7 Å². The van der Waals surface area contributed by atoms with Gasteiger partial charge in [-0.15, -0.1) is 0 Å². The maximum Gasteiger partial charge on any atom is 0.119 e. The predicted octanol–water partition coefficient (Wildman–Crippen LogP) is 2.38. The number of nitrogens with zero attached hydrogens (tertiary/aromatic N) is 1. The monoisotopic (exact) mass is 234 g/mol. The minimum Gasteiger partial charge on any atom is -0.859 e. The normalized spacial score (nSPS) is 11.5. The Kier molecular flexibility index (Phi) is 6.15. The summed E-state index contributed by atoms with van der Waals surface area (Å²) in [6, 6.07) is 7.13. The summed E-state index contributed by atoms with van der Waals surface area (Å²) in [7, 11) is 1.50. The topological polar surface area (TPSA) is 44.6 Å². The lowest BCUT2D eigenvalue weighted by molar-refractivity contribution is -0.213. The highest BCUT2D eigenvalue weighted by atomic mass is 16.5. The van der Waals surface area contributed by atoms with Crippen LogP contribution in [0.25, 0.3) is 0 Å². The van der Waals surface area contributed by atoms with Crippen molar-refractivity contribution in [2.45, 2.75) is 32.6 Å². The maximum absolute atomic E-state index is 11.2. The van der Waals surface area contributed by atoms with E-state index in [0.29, 0.717) is 5.56 Å². The van der Waals surface area contributed by atoms with Crippen LogP contribution in [0.4, 0.5) is 0 Å². The van der Waals surface area contributed by atoms with E-state index < -0.39 is 0 Å². The zero-order valence-corrected chi connectivity index (χ0v) is 10.6.